The number of H-pyrrole nitrogens is 1. The van der Waals surface area contributed by atoms with Gasteiger partial charge in [-0.3, -0.25) is 9.59 Å². The van der Waals surface area contributed by atoms with Crippen molar-refractivity contribution >= 4 is 16.9 Å². The summed E-state index contributed by atoms with van der Waals surface area (Å²) in [4.78, 5) is 30.8. The highest BCUT2D eigenvalue weighted by molar-refractivity contribution is 5.76. The van der Waals surface area contributed by atoms with Crippen LogP contribution in [0, 0.1) is 0 Å². The molecule has 0 fully saturated rings. The largest absolute Gasteiger partial charge is 0.356 e. The summed E-state index contributed by atoms with van der Waals surface area (Å²) >= 11 is 0. The second-order valence-electron chi connectivity index (χ2n) is 5.44. The third-order valence-corrected chi connectivity index (χ3v) is 3.61. The standard InChI is InChI=1S/C17H23N3O2/c1-2-3-4-7-12-18-16(21)11-10-15-17(22)20-14-9-6-5-8-13(14)19-15/h5-6,8-9H,2-4,7,10-12H2,1H3,(H,18,21)(H,20,22). The molecule has 0 radical (unpaired) electrons. The van der Waals surface area contributed by atoms with E-state index in [4.69, 9.17) is 0 Å². The molecule has 1 heterocycles. The lowest BCUT2D eigenvalue weighted by molar-refractivity contribution is -0.121. The fraction of sp³-hybridized carbons (Fsp3) is 0.471. The summed E-state index contributed by atoms with van der Waals surface area (Å²) in [7, 11) is 0. The molecular weight excluding hydrogens is 278 g/mol. The van der Waals surface area contributed by atoms with E-state index in [1.54, 1.807) is 0 Å². The average molecular weight is 301 g/mol. The highest BCUT2D eigenvalue weighted by atomic mass is 16.1. The Kier molecular flexibility index (Phi) is 6.13. The number of hydrogen-bond donors (Lipinski definition) is 2. The number of para-hydroxylation sites is 2. The molecule has 1 aromatic heterocycles. The van der Waals surface area contributed by atoms with Crippen molar-refractivity contribution in [3.05, 3.63) is 40.3 Å². The molecule has 5 nitrogen and oxygen atoms in total. The van der Waals surface area contributed by atoms with Crippen molar-refractivity contribution in [2.75, 3.05) is 6.54 Å². The van der Waals surface area contributed by atoms with Crippen molar-refractivity contribution in [2.45, 2.75) is 45.4 Å². The first-order valence-corrected chi connectivity index (χ1v) is 7.95. The first-order valence-electron chi connectivity index (χ1n) is 7.95. The normalized spacial score (nSPS) is 10.8. The molecule has 1 amide bonds. The molecule has 0 atom stereocenters. The van der Waals surface area contributed by atoms with Crippen LogP contribution in [0.3, 0.4) is 0 Å². The minimum Gasteiger partial charge on any atom is -0.356 e. The molecule has 0 saturated heterocycles. The highest BCUT2D eigenvalue weighted by Crippen LogP contribution is 2.06. The Labute approximate surface area is 130 Å². The van der Waals surface area contributed by atoms with Crippen molar-refractivity contribution in [2.24, 2.45) is 0 Å². The first kappa shape index (κ1) is 16.2. The molecule has 2 N–H and O–H groups in total. The number of carbonyl (C=O) groups excluding carboxylic acids is 1. The van der Waals surface area contributed by atoms with Gasteiger partial charge in [0, 0.05) is 19.4 Å². The third kappa shape index (κ3) is 4.69. The van der Waals surface area contributed by atoms with Crippen molar-refractivity contribution in [3.8, 4) is 0 Å². The van der Waals surface area contributed by atoms with Crippen molar-refractivity contribution in [1.29, 1.82) is 0 Å². The van der Waals surface area contributed by atoms with E-state index in [0.717, 1.165) is 23.9 Å². The molecule has 0 aliphatic heterocycles. The fourth-order valence-corrected chi connectivity index (χ4v) is 2.34. The van der Waals surface area contributed by atoms with Crippen LogP contribution < -0.4 is 10.9 Å². The third-order valence-electron chi connectivity index (χ3n) is 3.61. The molecule has 0 spiro atoms. The number of nitrogens with zero attached hydrogens (tertiary/aromatic N) is 1. The van der Waals surface area contributed by atoms with E-state index in [2.05, 4.69) is 22.2 Å². The van der Waals surface area contributed by atoms with Crippen LogP contribution in [0.25, 0.3) is 11.0 Å². The van der Waals surface area contributed by atoms with Crippen LogP contribution in [0.2, 0.25) is 0 Å². The summed E-state index contributed by atoms with van der Waals surface area (Å²) < 4.78 is 0. The Bertz CT molecular complexity index is 679. The van der Waals surface area contributed by atoms with E-state index in [-0.39, 0.29) is 11.5 Å². The Morgan fingerprint density at radius 2 is 2.05 bits per heavy atom. The van der Waals surface area contributed by atoms with Gasteiger partial charge in [0.05, 0.1) is 11.0 Å². The van der Waals surface area contributed by atoms with Crippen LogP contribution in [0.4, 0.5) is 0 Å². The van der Waals surface area contributed by atoms with Gasteiger partial charge in [-0.15, -0.1) is 0 Å². The Balaban J connectivity index is 1.85. The maximum atomic E-state index is 11.9. The topological polar surface area (TPSA) is 74.8 Å². The quantitative estimate of drug-likeness (QED) is 0.736. The minimum absolute atomic E-state index is 0.0224. The van der Waals surface area contributed by atoms with E-state index >= 15 is 0 Å². The van der Waals surface area contributed by atoms with E-state index < -0.39 is 0 Å². The second kappa shape index (κ2) is 8.32. The molecule has 0 unspecified atom stereocenters. The van der Waals surface area contributed by atoms with Gasteiger partial charge >= 0.3 is 0 Å². The van der Waals surface area contributed by atoms with E-state index in [9.17, 15) is 9.59 Å². The lowest BCUT2D eigenvalue weighted by atomic mass is 10.2. The molecule has 118 valence electrons. The molecule has 2 aromatic rings. The zero-order chi connectivity index (χ0) is 15.8. The monoisotopic (exact) mass is 301 g/mol. The van der Waals surface area contributed by atoms with Gasteiger partial charge < -0.3 is 10.3 Å². The van der Waals surface area contributed by atoms with Crippen LogP contribution in [-0.2, 0) is 11.2 Å². The van der Waals surface area contributed by atoms with Gasteiger partial charge in [-0.1, -0.05) is 38.3 Å². The number of aromatic nitrogens is 2. The second-order valence-corrected chi connectivity index (χ2v) is 5.44. The number of amides is 1. The molecule has 22 heavy (non-hydrogen) atoms. The van der Waals surface area contributed by atoms with Gasteiger partial charge in [0.25, 0.3) is 5.56 Å². The van der Waals surface area contributed by atoms with Crippen molar-refractivity contribution in [3.63, 3.8) is 0 Å². The summed E-state index contributed by atoms with van der Waals surface area (Å²) in [6.45, 7) is 2.87. The molecule has 0 saturated carbocycles. The number of carbonyl (C=O) groups is 1. The summed E-state index contributed by atoms with van der Waals surface area (Å²) in [6, 6.07) is 7.39. The predicted octanol–water partition coefficient (Wildman–Crippen LogP) is 2.55. The van der Waals surface area contributed by atoms with Crippen LogP contribution >= 0.6 is 0 Å². The maximum Gasteiger partial charge on any atom is 0.270 e. The number of aromatic amines is 1. The van der Waals surface area contributed by atoms with Crippen LogP contribution in [0.5, 0.6) is 0 Å². The number of hydrogen-bond acceptors (Lipinski definition) is 3. The SMILES string of the molecule is CCCCCCNC(=O)CCc1nc2ccccc2[nH]c1=O. The number of rotatable bonds is 8. The molecule has 5 heteroatoms. The fourth-order valence-electron chi connectivity index (χ4n) is 2.34. The first-order chi connectivity index (χ1) is 10.7. The van der Waals surface area contributed by atoms with Gasteiger partial charge in [0.1, 0.15) is 5.69 Å². The maximum absolute atomic E-state index is 11.9. The number of nitrogens with one attached hydrogen (secondary N) is 2. The summed E-state index contributed by atoms with van der Waals surface area (Å²) in [6.07, 6.45) is 5.19. The molecule has 0 bridgehead atoms. The Morgan fingerprint density at radius 1 is 1.23 bits per heavy atom. The molecular formula is C17H23N3O2. The Hall–Kier alpha value is -2.17. The van der Waals surface area contributed by atoms with E-state index in [1.807, 2.05) is 24.3 Å². The van der Waals surface area contributed by atoms with Crippen LogP contribution in [0.15, 0.2) is 29.1 Å². The smallest absolute Gasteiger partial charge is 0.270 e. The van der Waals surface area contributed by atoms with Gasteiger partial charge in [-0.05, 0) is 18.6 Å². The van der Waals surface area contributed by atoms with E-state index in [0.29, 0.717) is 25.1 Å². The Morgan fingerprint density at radius 3 is 2.86 bits per heavy atom. The van der Waals surface area contributed by atoms with Crippen molar-refractivity contribution < 1.29 is 4.79 Å². The van der Waals surface area contributed by atoms with Gasteiger partial charge in [-0.25, -0.2) is 4.98 Å². The molecule has 2 rings (SSSR count). The van der Waals surface area contributed by atoms with Gasteiger partial charge in [0.2, 0.25) is 5.91 Å². The minimum atomic E-state index is -0.213. The predicted molar refractivity (Wildman–Crippen MR) is 87.8 cm³/mol. The molecule has 1 aromatic carbocycles. The van der Waals surface area contributed by atoms with E-state index in [1.165, 1.54) is 12.8 Å². The summed E-state index contributed by atoms with van der Waals surface area (Å²) in [5.41, 5.74) is 1.67. The van der Waals surface area contributed by atoms with Crippen LogP contribution in [0.1, 0.15) is 44.7 Å². The average Bonchev–Trinajstić information content (AvgIpc) is 2.52. The lowest BCUT2D eigenvalue weighted by Gasteiger charge is -2.05. The number of unbranched alkanes of at least 4 members (excludes halogenated alkanes) is 3. The zero-order valence-corrected chi connectivity index (χ0v) is 13.0. The van der Waals surface area contributed by atoms with Crippen LogP contribution in [-0.4, -0.2) is 22.4 Å². The molecule has 0 aliphatic carbocycles. The summed E-state index contributed by atoms with van der Waals surface area (Å²) in [5, 5.41) is 2.89. The highest BCUT2D eigenvalue weighted by Gasteiger charge is 2.07. The number of fused-ring (bicyclic) bond motifs is 1. The summed E-state index contributed by atoms with van der Waals surface area (Å²) in [5.74, 6) is -0.0224. The zero-order valence-electron chi connectivity index (χ0n) is 13.0. The number of aryl methyl sites for hydroxylation is 1. The van der Waals surface area contributed by atoms with Gasteiger partial charge in [-0.2, -0.15) is 0 Å². The van der Waals surface area contributed by atoms with Crippen molar-refractivity contribution in [1.82, 2.24) is 15.3 Å². The lowest BCUT2D eigenvalue weighted by Crippen LogP contribution is -2.26. The number of benzene rings is 1. The molecule has 0 aliphatic rings. The van der Waals surface area contributed by atoms with Gasteiger partial charge in [0.15, 0.2) is 0 Å².